The molecule has 0 aromatic carbocycles. The van der Waals surface area contributed by atoms with Crippen LogP contribution in [0, 0.1) is 0 Å². The van der Waals surface area contributed by atoms with Gasteiger partial charge in [0.05, 0.1) is 6.61 Å². The Labute approximate surface area is 167 Å². The van der Waals surface area contributed by atoms with Crippen LogP contribution in [-0.4, -0.2) is 65.1 Å². The smallest absolute Gasteiger partial charge is 0.643 e. The summed E-state index contributed by atoms with van der Waals surface area (Å²) in [5.74, 6) is -2.45. The molecule has 116 valence electrons. The molecule has 5 unspecified atom stereocenters. The normalized spacial score (nSPS) is 37.2. The van der Waals surface area contributed by atoms with E-state index in [0.717, 1.165) is 0 Å². The first-order valence-electron chi connectivity index (χ1n) is 6.30. The van der Waals surface area contributed by atoms with E-state index in [2.05, 4.69) is 5.23 Å². The molecular formula is C10H13BKNO9. The molecule has 3 heterocycles. The SMILES string of the molecule is CC1O[B-]2(NC1C(=O)O)OC1=C(O2)C(C(O)CO)OC1=O.[K+]. The van der Waals surface area contributed by atoms with Crippen LogP contribution in [-0.2, 0) is 28.3 Å². The van der Waals surface area contributed by atoms with Crippen molar-refractivity contribution in [2.75, 3.05) is 6.61 Å². The number of rotatable bonds is 3. The van der Waals surface area contributed by atoms with E-state index in [-0.39, 0.29) is 62.9 Å². The minimum absolute atomic E-state index is 0. The van der Waals surface area contributed by atoms with Crippen LogP contribution in [0.3, 0.4) is 0 Å². The van der Waals surface area contributed by atoms with Crippen molar-refractivity contribution in [1.29, 1.82) is 0 Å². The Morgan fingerprint density at radius 1 is 1.45 bits per heavy atom. The predicted octanol–water partition coefficient (Wildman–Crippen LogP) is -5.58. The molecule has 12 heteroatoms. The summed E-state index contributed by atoms with van der Waals surface area (Å²) in [4.78, 5) is 22.7. The van der Waals surface area contributed by atoms with E-state index in [1.165, 1.54) is 6.92 Å². The molecule has 0 aromatic rings. The molecule has 0 radical (unpaired) electrons. The minimum Gasteiger partial charge on any atom is -0.643 e. The number of carbonyl (C=O) groups excluding carboxylic acids is 1. The van der Waals surface area contributed by atoms with Crippen LogP contribution in [0.2, 0.25) is 0 Å². The average molecular weight is 341 g/mol. The van der Waals surface area contributed by atoms with E-state index >= 15 is 0 Å². The van der Waals surface area contributed by atoms with Gasteiger partial charge in [0.15, 0.2) is 11.9 Å². The third kappa shape index (κ3) is 2.83. The zero-order valence-electron chi connectivity index (χ0n) is 11.9. The first kappa shape index (κ1) is 18.2. The molecular weight excluding hydrogens is 328 g/mol. The van der Waals surface area contributed by atoms with Crippen molar-refractivity contribution in [2.24, 2.45) is 0 Å². The van der Waals surface area contributed by atoms with E-state index < -0.39 is 49.8 Å². The summed E-state index contributed by atoms with van der Waals surface area (Å²) in [5, 5.41) is 30.1. The Bertz CT molecular complexity index is 542. The third-order valence-corrected chi connectivity index (χ3v) is 3.51. The monoisotopic (exact) mass is 341 g/mol. The minimum atomic E-state index is -2.69. The molecule has 1 spiro atoms. The second kappa shape index (κ2) is 6.38. The molecule has 0 aliphatic carbocycles. The quantitative estimate of drug-likeness (QED) is 0.290. The van der Waals surface area contributed by atoms with E-state index in [1.807, 2.05) is 0 Å². The molecule has 4 N–H and O–H groups in total. The number of carboxylic acids is 1. The Kier molecular flexibility index (Phi) is 5.26. The van der Waals surface area contributed by atoms with Crippen molar-refractivity contribution >= 4 is 18.8 Å². The first-order chi connectivity index (χ1) is 9.87. The number of nitrogens with one attached hydrogen (secondary N) is 1. The number of carbonyl (C=O) groups is 2. The maximum Gasteiger partial charge on any atom is 1.00 e. The summed E-state index contributed by atoms with van der Waals surface area (Å²) in [6.07, 6.45) is -3.35. The van der Waals surface area contributed by atoms with Gasteiger partial charge in [0.1, 0.15) is 17.9 Å². The van der Waals surface area contributed by atoms with E-state index in [0.29, 0.717) is 0 Å². The molecule has 5 atom stereocenters. The molecule has 22 heavy (non-hydrogen) atoms. The Morgan fingerprint density at radius 2 is 2.14 bits per heavy atom. The van der Waals surface area contributed by atoms with Crippen LogP contribution in [0.25, 0.3) is 0 Å². The van der Waals surface area contributed by atoms with Crippen molar-refractivity contribution in [3.05, 3.63) is 11.5 Å². The molecule has 0 amide bonds. The van der Waals surface area contributed by atoms with E-state index in [9.17, 15) is 14.7 Å². The van der Waals surface area contributed by atoms with Crippen molar-refractivity contribution in [1.82, 2.24) is 5.23 Å². The zero-order valence-corrected chi connectivity index (χ0v) is 15.0. The summed E-state index contributed by atoms with van der Waals surface area (Å²) in [7, 11) is 0. The molecule has 1 saturated heterocycles. The molecule has 10 nitrogen and oxygen atoms in total. The van der Waals surface area contributed by atoms with Crippen molar-refractivity contribution in [2.45, 2.75) is 31.3 Å². The third-order valence-electron chi connectivity index (χ3n) is 3.51. The van der Waals surface area contributed by atoms with Gasteiger partial charge < -0.3 is 39.2 Å². The number of cyclic esters (lactones) is 1. The number of hydrogen-bond acceptors (Lipinski definition) is 9. The largest absolute Gasteiger partial charge is 1.00 e. The molecule has 0 saturated carbocycles. The van der Waals surface area contributed by atoms with Gasteiger partial charge in [-0.15, -0.1) is 0 Å². The number of aliphatic hydroxyl groups excluding tert-OH is 2. The number of aliphatic carboxylic acids is 1. The first-order valence-corrected chi connectivity index (χ1v) is 6.30. The van der Waals surface area contributed by atoms with Gasteiger partial charge in [-0.2, -0.15) is 0 Å². The topological polar surface area (TPSA) is 144 Å². The average Bonchev–Trinajstić information content (AvgIpc) is 3.04. The second-order valence-electron chi connectivity index (χ2n) is 4.97. The Balaban J connectivity index is 0.00000176. The molecule has 1 fully saturated rings. The number of hydrogen-bond donors (Lipinski definition) is 4. The fourth-order valence-electron chi connectivity index (χ4n) is 2.53. The molecule has 3 rings (SSSR count). The van der Waals surface area contributed by atoms with E-state index in [4.69, 9.17) is 28.9 Å². The van der Waals surface area contributed by atoms with Crippen LogP contribution >= 0.6 is 0 Å². The van der Waals surface area contributed by atoms with Crippen LogP contribution in [0.15, 0.2) is 11.5 Å². The number of carboxylic acid groups (broad SMARTS) is 1. The maximum absolute atomic E-state index is 11.7. The zero-order chi connectivity index (χ0) is 15.4. The van der Waals surface area contributed by atoms with Gasteiger partial charge in [-0.3, -0.25) is 4.79 Å². The van der Waals surface area contributed by atoms with E-state index in [1.54, 1.807) is 0 Å². The van der Waals surface area contributed by atoms with Crippen molar-refractivity contribution in [3.8, 4) is 0 Å². The fourth-order valence-corrected chi connectivity index (χ4v) is 2.53. The van der Waals surface area contributed by atoms with Gasteiger partial charge in [0.2, 0.25) is 0 Å². The van der Waals surface area contributed by atoms with Crippen molar-refractivity contribution in [3.63, 3.8) is 0 Å². The number of ether oxygens (including phenoxy) is 1. The standard InChI is InChI=1S/C10H13BNO9.K/c1-3-5(9(15)16)12-11(19-3)20-7-6(4(14)2-13)18-10(17)8(7)21-11;/h3-6,12-14H,2H2,1H3,(H,15,16);/q-1;+1. The maximum atomic E-state index is 11.7. The summed E-state index contributed by atoms with van der Waals surface area (Å²) >= 11 is 0. The van der Waals surface area contributed by atoms with Crippen LogP contribution in [0.5, 0.6) is 0 Å². The second-order valence-corrected chi connectivity index (χ2v) is 4.97. The molecule has 3 aliphatic rings. The Morgan fingerprint density at radius 3 is 2.68 bits per heavy atom. The van der Waals surface area contributed by atoms with Gasteiger partial charge in [0, 0.05) is 6.10 Å². The van der Waals surface area contributed by atoms with Gasteiger partial charge in [-0.1, -0.05) is 0 Å². The van der Waals surface area contributed by atoms with Gasteiger partial charge >= 0.3 is 70.2 Å². The predicted molar refractivity (Wildman–Crippen MR) is 63.0 cm³/mol. The van der Waals surface area contributed by atoms with Gasteiger partial charge in [-0.25, -0.2) is 4.79 Å². The van der Waals surface area contributed by atoms with Crippen molar-refractivity contribution < 1.29 is 95.0 Å². The Hall–Kier alpha value is -0.179. The van der Waals surface area contributed by atoms with Gasteiger partial charge in [-0.05, 0) is 6.92 Å². The summed E-state index contributed by atoms with van der Waals surface area (Å²) in [6.45, 7) is -1.83. The molecule has 3 aliphatic heterocycles. The van der Waals surface area contributed by atoms with Crippen LogP contribution < -0.4 is 56.6 Å². The molecule has 0 bridgehead atoms. The number of esters is 1. The van der Waals surface area contributed by atoms with Crippen LogP contribution in [0.1, 0.15) is 6.92 Å². The summed E-state index contributed by atoms with van der Waals surface area (Å²) in [5.41, 5.74) is 0. The fraction of sp³-hybridized carbons (Fsp3) is 0.600. The molecule has 0 aromatic heterocycles. The van der Waals surface area contributed by atoms with Crippen LogP contribution in [0.4, 0.5) is 0 Å². The summed E-state index contributed by atoms with van der Waals surface area (Å²) in [6, 6.07) is -1.07. The van der Waals surface area contributed by atoms with Gasteiger partial charge in [0.25, 0.3) is 0 Å². The number of aliphatic hydroxyl groups is 2. The summed E-state index contributed by atoms with van der Waals surface area (Å²) < 4.78 is 20.9.